The normalized spacial score (nSPS) is 37.4. The van der Waals surface area contributed by atoms with E-state index in [1.807, 2.05) is 0 Å². The van der Waals surface area contributed by atoms with Gasteiger partial charge in [0.05, 0.1) is 7.11 Å². The molecule has 2 bridgehead atoms. The van der Waals surface area contributed by atoms with Crippen LogP contribution >= 0.6 is 0 Å². The first-order valence-electron chi connectivity index (χ1n) is 6.28. The van der Waals surface area contributed by atoms with E-state index in [0.29, 0.717) is 5.92 Å². The molecule has 0 amide bonds. The van der Waals surface area contributed by atoms with Gasteiger partial charge in [-0.1, -0.05) is 6.92 Å². The van der Waals surface area contributed by atoms with Gasteiger partial charge in [-0.2, -0.15) is 0 Å². The van der Waals surface area contributed by atoms with Gasteiger partial charge in [0, 0.05) is 19.0 Å². The number of esters is 1. The molecule has 3 atom stereocenters. The van der Waals surface area contributed by atoms with E-state index in [4.69, 9.17) is 4.74 Å². The summed E-state index contributed by atoms with van der Waals surface area (Å²) in [5.41, 5.74) is -0.405. The number of fused-ring (bicyclic) bond motifs is 2. The molecular weight excluding hydrogens is 204 g/mol. The van der Waals surface area contributed by atoms with Crippen LogP contribution in [0, 0.1) is 5.92 Å². The summed E-state index contributed by atoms with van der Waals surface area (Å²) in [5, 5.41) is 3.46. The number of carbonyl (C=O) groups is 1. The SMILES string of the molecule is CCCNC1(C(=O)OC)CCN2CCC1C2. The number of carbonyl (C=O) groups excluding carboxylic acids is 1. The number of ether oxygens (including phenoxy) is 1. The van der Waals surface area contributed by atoms with E-state index >= 15 is 0 Å². The zero-order chi connectivity index (χ0) is 11.6. The molecule has 0 saturated carbocycles. The van der Waals surface area contributed by atoms with Gasteiger partial charge in [0.15, 0.2) is 0 Å². The second kappa shape index (κ2) is 4.72. The van der Waals surface area contributed by atoms with Crippen molar-refractivity contribution in [2.45, 2.75) is 31.7 Å². The summed E-state index contributed by atoms with van der Waals surface area (Å²) < 4.78 is 5.02. The Balaban J connectivity index is 2.15. The molecule has 0 spiro atoms. The second-order valence-corrected chi connectivity index (χ2v) is 4.93. The lowest BCUT2D eigenvalue weighted by molar-refractivity contribution is -0.152. The summed E-state index contributed by atoms with van der Waals surface area (Å²) in [6, 6.07) is 0. The van der Waals surface area contributed by atoms with Crippen molar-refractivity contribution < 1.29 is 9.53 Å². The lowest BCUT2D eigenvalue weighted by Gasteiger charge is -2.41. The van der Waals surface area contributed by atoms with Crippen molar-refractivity contribution in [3.63, 3.8) is 0 Å². The molecule has 0 radical (unpaired) electrons. The monoisotopic (exact) mass is 226 g/mol. The molecule has 0 aliphatic carbocycles. The average Bonchev–Trinajstić information content (AvgIpc) is 2.72. The van der Waals surface area contributed by atoms with E-state index in [0.717, 1.165) is 45.4 Å². The standard InChI is InChI=1S/C12H22N2O2/c1-3-6-13-12(11(15)16-2)5-8-14-7-4-10(12)9-14/h10,13H,3-9H2,1-2H3. The first-order valence-corrected chi connectivity index (χ1v) is 6.28. The van der Waals surface area contributed by atoms with E-state index < -0.39 is 5.54 Å². The van der Waals surface area contributed by atoms with E-state index in [1.54, 1.807) is 0 Å². The maximum absolute atomic E-state index is 12.1. The quantitative estimate of drug-likeness (QED) is 0.714. The van der Waals surface area contributed by atoms with Crippen molar-refractivity contribution >= 4 is 5.97 Å². The van der Waals surface area contributed by atoms with Crippen molar-refractivity contribution in [2.24, 2.45) is 5.92 Å². The van der Waals surface area contributed by atoms with Gasteiger partial charge in [-0.3, -0.25) is 4.79 Å². The minimum atomic E-state index is -0.405. The molecule has 92 valence electrons. The molecule has 2 rings (SSSR count). The average molecular weight is 226 g/mol. The van der Waals surface area contributed by atoms with Crippen molar-refractivity contribution in [2.75, 3.05) is 33.3 Å². The predicted octanol–water partition coefficient (Wildman–Crippen LogP) is 0.623. The Bertz CT molecular complexity index is 270. The number of hydrogen-bond acceptors (Lipinski definition) is 4. The highest BCUT2D eigenvalue weighted by Gasteiger charge is 2.51. The number of nitrogens with zero attached hydrogens (tertiary/aromatic N) is 1. The van der Waals surface area contributed by atoms with Crippen molar-refractivity contribution in [3.05, 3.63) is 0 Å². The molecule has 2 aliphatic rings. The Morgan fingerprint density at radius 2 is 2.38 bits per heavy atom. The van der Waals surface area contributed by atoms with Crippen LogP contribution in [0.2, 0.25) is 0 Å². The molecule has 3 unspecified atom stereocenters. The fourth-order valence-electron chi connectivity index (χ4n) is 3.08. The lowest BCUT2D eigenvalue weighted by Crippen LogP contribution is -2.61. The van der Waals surface area contributed by atoms with Crippen LogP contribution in [-0.2, 0) is 9.53 Å². The zero-order valence-corrected chi connectivity index (χ0v) is 10.3. The van der Waals surface area contributed by atoms with Gasteiger partial charge in [-0.25, -0.2) is 0 Å². The number of nitrogens with one attached hydrogen (secondary N) is 1. The molecule has 0 aromatic rings. The fourth-order valence-corrected chi connectivity index (χ4v) is 3.08. The smallest absolute Gasteiger partial charge is 0.326 e. The summed E-state index contributed by atoms with van der Waals surface area (Å²) in [5.74, 6) is 0.368. The number of rotatable bonds is 4. The summed E-state index contributed by atoms with van der Waals surface area (Å²) >= 11 is 0. The van der Waals surface area contributed by atoms with E-state index in [9.17, 15) is 4.79 Å². The number of methoxy groups -OCH3 is 1. The van der Waals surface area contributed by atoms with E-state index in [2.05, 4.69) is 17.1 Å². The van der Waals surface area contributed by atoms with Gasteiger partial charge in [0.25, 0.3) is 0 Å². The lowest BCUT2D eigenvalue weighted by atomic mass is 9.78. The molecule has 2 heterocycles. The molecule has 0 aromatic carbocycles. The molecule has 2 fully saturated rings. The van der Waals surface area contributed by atoms with Gasteiger partial charge in [-0.15, -0.1) is 0 Å². The van der Waals surface area contributed by atoms with E-state index in [-0.39, 0.29) is 5.97 Å². The van der Waals surface area contributed by atoms with Gasteiger partial charge in [-0.05, 0) is 32.4 Å². The number of piperidine rings is 1. The predicted molar refractivity (Wildman–Crippen MR) is 62.2 cm³/mol. The van der Waals surface area contributed by atoms with Gasteiger partial charge >= 0.3 is 5.97 Å². The van der Waals surface area contributed by atoms with Crippen molar-refractivity contribution in [3.8, 4) is 0 Å². The molecule has 4 nitrogen and oxygen atoms in total. The van der Waals surface area contributed by atoms with Crippen molar-refractivity contribution in [1.29, 1.82) is 0 Å². The van der Waals surface area contributed by atoms with Gasteiger partial charge < -0.3 is 15.0 Å². The first-order chi connectivity index (χ1) is 7.73. The Morgan fingerprint density at radius 1 is 1.56 bits per heavy atom. The molecule has 2 aliphatic heterocycles. The molecular formula is C12H22N2O2. The third-order valence-electron chi connectivity index (χ3n) is 4.03. The maximum atomic E-state index is 12.1. The molecule has 1 N–H and O–H groups in total. The summed E-state index contributed by atoms with van der Waals surface area (Å²) in [6.45, 7) is 6.22. The van der Waals surface area contributed by atoms with Crippen molar-refractivity contribution in [1.82, 2.24) is 10.2 Å². The third-order valence-corrected chi connectivity index (χ3v) is 4.03. The molecule has 0 aromatic heterocycles. The van der Waals surface area contributed by atoms with Crippen LogP contribution < -0.4 is 5.32 Å². The molecule has 4 heteroatoms. The van der Waals surface area contributed by atoms with Crippen LogP contribution in [0.15, 0.2) is 0 Å². The second-order valence-electron chi connectivity index (χ2n) is 4.93. The summed E-state index contributed by atoms with van der Waals surface area (Å²) in [4.78, 5) is 14.5. The molecule has 2 saturated heterocycles. The summed E-state index contributed by atoms with van der Waals surface area (Å²) in [7, 11) is 1.50. The van der Waals surface area contributed by atoms with Crippen LogP contribution in [0.25, 0.3) is 0 Å². The van der Waals surface area contributed by atoms with Crippen LogP contribution in [0.3, 0.4) is 0 Å². The van der Waals surface area contributed by atoms with Crippen LogP contribution in [0.4, 0.5) is 0 Å². The number of hydrogen-bond donors (Lipinski definition) is 1. The fraction of sp³-hybridized carbons (Fsp3) is 0.917. The third kappa shape index (κ3) is 1.84. The van der Waals surface area contributed by atoms with Crippen LogP contribution in [0.1, 0.15) is 26.2 Å². The summed E-state index contributed by atoms with van der Waals surface area (Å²) in [6.07, 6.45) is 3.06. The first kappa shape index (κ1) is 11.9. The maximum Gasteiger partial charge on any atom is 0.326 e. The largest absolute Gasteiger partial charge is 0.468 e. The molecule has 16 heavy (non-hydrogen) atoms. The highest BCUT2D eigenvalue weighted by Crippen LogP contribution is 2.36. The van der Waals surface area contributed by atoms with Crippen LogP contribution in [-0.4, -0.2) is 49.7 Å². The van der Waals surface area contributed by atoms with Gasteiger partial charge in [0.1, 0.15) is 5.54 Å². The minimum absolute atomic E-state index is 0.0625. The van der Waals surface area contributed by atoms with Crippen LogP contribution in [0.5, 0.6) is 0 Å². The highest BCUT2D eigenvalue weighted by molar-refractivity contribution is 5.81. The highest BCUT2D eigenvalue weighted by atomic mass is 16.5. The Kier molecular flexibility index (Phi) is 3.50. The Hall–Kier alpha value is -0.610. The topological polar surface area (TPSA) is 41.6 Å². The minimum Gasteiger partial charge on any atom is -0.468 e. The Morgan fingerprint density at radius 3 is 3.06 bits per heavy atom. The zero-order valence-electron chi connectivity index (χ0n) is 10.3. The van der Waals surface area contributed by atoms with E-state index in [1.165, 1.54) is 7.11 Å². The Labute approximate surface area is 97.3 Å². The van der Waals surface area contributed by atoms with Gasteiger partial charge in [0.2, 0.25) is 0 Å².